The molecule has 17 heavy (non-hydrogen) atoms. The van der Waals surface area contributed by atoms with E-state index in [1.54, 1.807) is 20.8 Å². The first-order valence-corrected chi connectivity index (χ1v) is 7.10. The highest BCUT2D eigenvalue weighted by Gasteiger charge is 2.25. The Morgan fingerprint density at radius 2 is 1.94 bits per heavy atom. The van der Waals surface area contributed by atoms with Crippen LogP contribution in [0.3, 0.4) is 0 Å². The fourth-order valence-corrected chi connectivity index (χ4v) is 2.23. The average Bonchev–Trinajstić information content (AvgIpc) is 2.42. The van der Waals surface area contributed by atoms with Gasteiger partial charge in [-0.1, -0.05) is 0 Å². The molecular formula is C10H13ClO5S. The Morgan fingerprint density at radius 3 is 2.29 bits per heavy atom. The van der Waals surface area contributed by atoms with Crippen LogP contribution >= 0.6 is 10.7 Å². The number of furan rings is 1. The molecule has 0 N–H and O–H groups in total. The van der Waals surface area contributed by atoms with E-state index < -0.39 is 20.6 Å². The van der Waals surface area contributed by atoms with Crippen molar-refractivity contribution in [1.29, 1.82) is 0 Å². The Labute approximate surface area is 104 Å². The Hall–Kier alpha value is -1.01. The lowest BCUT2D eigenvalue weighted by Crippen LogP contribution is -2.23. The molecule has 1 aromatic rings. The molecule has 0 aliphatic carbocycles. The molecule has 1 heterocycles. The van der Waals surface area contributed by atoms with Gasteiger partial charge in [-0.05, 0) is 27.7 Å². The molecule has 0 unspecified atom stereocenters. The van der Waals surface area contributed by atoms with Crippen LogP contribution in [-0.2, 0) is 13.8 Å². The second-order valence-corrected chi connectivity index (χ2v) is 7.01. The highest BCUT2D eigenvalue weighted by atomic mass is 35.7. The predicted octanol–water partition coefficient (Wildman–Crippen LogP) is 2.47. The van der Waals surface area contributed by atoms with Crippen LogP contribution in [0.2, 0.25) is 0 Å². The van der Waals surface area contributed by atoms with Gasteiger partial charge in [-0.25, -0.2) is 13.2 Å². The van der Waals surface area contributed by atoms with E-state index in [4.69, 9.17) is 19.8 Å². The maximum absolute atomic E-state index is 11.6. The van der Waals surface area contributed by atoms with E-state index in [0.717, 1.165) is 6.07 Å². The SMILES string of the molecule is Cc1oc(C(=O)OC(C)(C)C)cc1S(=O)(=O)Cl. The molecule has 0 saturated carbocycles. The fourth-order valence-electron chi connectivity index (χ4n) is 1.14. The van der Waals surface area contributed by atoms with Gasteiger partial charge in [-0.15, -0.1) is 0 Å². The summed E-state index contributed by atoms with van der Waals surface area (Å²) in [5.41, 5.74) is -0.683. The van der Waals surface area contributed by atoms with Gasteiger partial charge in [0.2, 0.25) is 5.76 Å². The van der Waals surface area contributed by atoms with Gasteiger partial charge in [0.1, 0.15) is 16.3 Å². The van der Waals surface area contributed by atoms with Crippen molar-refractivity contribution in [2.24, 2.45) is 0 Å². The molecule has 0 aliphatic rings. The van der Waals surface area contributed by atoms with Gasteiger partial charge in [0.25, 0.3) is 9.05 Å². The molecule has 0 saturated heterocycles. The fraction of sp³-hybridized carbons (Fsp3) is 0.500. The first-order chi connectivity index (χ1) is 7.50. The van der Waals surface area contributed by atoms with Gasteiger partial charge in [-0.2, -0.15) is 0 Å². The number of hydrogen-bond donors (Lipinski definition) is 0. The summed E-state index contributed by atoms with van der Waals surface area (Å²) in [5.74, 6) is -0.857. The van der Waals surface area contributed by atoms with Crippen LogP contribution in [0.1, 0.15) is 37.1 Å². The van der Waals surface area contributed by atoms with E-state index >= 15 is 0 Å². The monoisotopic (exact) mass is 280 g/mol. The molecule has 0 amide bonds. The van der Waals surface area contributed by atoms with Gasteiger partial charge < -0.3 is 9.15 Å². The molecule has 96 valence electrons. The summed E-state index contributed by atoms with van der Waals surface area (Å²) in [4.78, 5) is 11.4. The van der Waals surface area contributed by atoms with E-state index in [1.807, 2.05) is 0 Å². The first-order valence-electron chi connectivity index (χ1n) is 4.79. The van der Waals surface area contributed by atoms with Gasteiger partial charge in [0.15, 0.2) is 0 Å². The topological polar surface area (TPSA) is 73.6 Å². The number of hydrogen-bond acceptors (Lipinski definition) is 5. The lowest BCUT2D eigenvalue weighted by molar-refractivity contribution is 0.00348. The third kappa shape index (κ3) is 3.74. The van der Waals surface area contributed by atoms with Crippen molar-refractivity contribution in [3.8, 4) is 0 Å². The van der Waals surface area contributed by atoms with Crippen molar-refractivity contribution in [1.82, 2.24) is 0 Å². The summed E-state index contributed by atoms with van der Waals surface area (Å²) < 4.78 is 32.3. The third-order valence-electron chi connectivity index (χ3n) is 1.73. The maximum atomic E-state index is 11.6. The van der Waals surface area contributed by atoms with Crippen molar-refractivity contribution in [3.05, 3.63) is 17.6 Å². The summed E-state index contributed by atoms with van der Waals surface area (Å²) >= 11 is 0. The second-order valence-electron chi connectivity index (χ2n) is 4.47. The molecule has 0 aromatic carbocycles. The molecule has 1 rings (SSSR count). The zero-order valence-electron chi connectivity index (χ0n) is 9.90. The van der Waals surface area contributed by atoms with Crippen molar-refractivity contribution in [3.63, 3.8) is 0 Å². The molecule has 0 bridgehead atoms. The zero-order chi connectivity index (χ0) is 13.4. The first kappa shape index (κ1) is 14.1. The molecule has 7 heteroatoms. The van der Waals surface area contributed by atoms with Gasteiger partial charge >= 0.3 is 5.97 Å². The van der Waals surface area contributed by atoms with E-state index in [-0.39, 0.29) is 16.4 Å². The smallest absolute Gasteiger partial charge is 0.374 e. The molecule has 0 atom stereocenters. The molecule has 0 radical (unpaired) electrons. The molecule has 0 spiro atoms. The van der Waals surface area contributed by atoms with Crippen molar-refractivity contribution in [2.45, 2.75) is 38.2 Å². The molecule has 0 aliphatic heterocycles. The normalized spacial score (nSPS) is 12.5. The van der Waals surface area contributed by atoms with Crippen LogP contribution in [0.15, 0.2) is 15.4 Å². The van der Waals surface area contributed by atoms with Gasteiger partial charge in [0.05, 0.1) is 0 Å². The summed E-state index contributed by atoms with van der Waals surface area (Å²) in [6.45, 7) is 6.49. The largest absolute Gasteiger partial charge is 0.454 e. The van der Waals surface area contributed by atoms with E-state index in [9.17, 15) is 13.2 Å². The number of carbonyl (C=O) groups excluding carboxylic acids is 1. The highest BCUT2D eigenvalue weighted by molar-refractivity contribution is 8.13. The minimum absolute atomic E-state index is 0.0564. The molecule has 5 nitrogen and oxygen atoms in total. The van der Waals surface area contributed by atoms with Crippen LogP contribution in [0.25, 0.3) is 0 Å². The predicted molar refractivity (Wildman–Crippen MR) is 61.7 cm³/mol. The van der Waals surface area contributed by atoms with Crippen LogP contribution in [-0.4, -0.2) is 20.0 Å². The van der Waals surface area contributed by atoms with E-state index in [2.05, 4.69) is 0 Å². The minimum Gasteiger partial charge on any atom is -0.454 e. The number of ether oxygens (including phenoxy) is 1. The van der Waals surface area contributed by atoms with Crippen LogP contribution < -0.4 is 0 Å². The number of esters is 1. The number of aryl methyl sites for hydroxylation is 1. The van der Waals surface area contributed by atoms with E-state index in [0.29, 0.717) is 0 Å². The molecular weight excluding hydrogens is 268 g/mol. The summed E-state index contributed by atoms with van der Waals surface area (Å²) in [6, 6.07) is 1.06. The Balaban J connectivity index is 3.07. The number of rotatable bonds is 2. The van der Waals surface area contributed by atoms with Crippen molar-refractivity contribution >= 4 is 25.7 Å². The second kappa shape index (κ2) is 4.34. The number of carbonyl (C=O) groups is 1. The lowest BCUT2D eigenvalue weighted by atomic mass is 10.2. The quantitative estimate of drug-likeness (QED) is 0.614. The highest BCUT2D eigenvalue weighted by Crippen LogP contribution is 2.24. The van der Waals surface area contributed by atoms with Crippen molar-refractivity contribution in [2.75, 3.05) is 0 Å². The zero-order valence-corrected chi connectivity index (χ0v) is 11.5. The van der Waals surface area contributed by atoms with Crippen LogP contribution in [0, 0.1) is 6.92 Å². The Morgan fingerprint density at radius 1 is 1.41 bits per heavy atom. The minimum atomic E-state index is -3.92. The summed E-state index contributed by atoms with van der Waals surface area (Å²) in [6.07, 6.45) is 0. The van der Waals surface area contributed by atoms with Crippen LogP contribution in [0.5, 0.6) is 0 Å². The summed E-state index contributed by atoms with van der Waals surface area (Å²) in [5, 5.41) is 0. The maximum Gasteiger partial charge on any atom is 0.374 e. The van der Waals surface area contributed by atoms with Crippen LogP contribution in [0.4, 0.5) is 0 Å². The van der Waals surface area contributed by atoms with E-state index in [1.165, 1.54) is 6.92 Å². The van der Waals surface area contributed by atoms with Gasteiger partial charge in [0, 0.05) is 16.7 Å². The average molecular weight is 281 g/mol. The molecule has 0 fully saturated rings. The molecule has 1 aromatic heterocycles. The van der Waals surface area contributed by atoms with Gasteiger partial charge in [-0.3, -0.25) is 0 Å². The summed E-state index contributed by atoms with van der Waals surface area (Å²) in [7, 11) is 1.26. The Kier molecular flexibility index (Phi) is 3.59. The lowest BCUT2D eigenvalue weighted by Gasteiger charge is -2.18. The Bertz CT molecular complexity index is 536. The third-order valence-corrected chi connectivity index (χ3v) is 3.16. The number of halogens is 1. The standard InChI is InChI=1S/C10H13ClO5S/c1-6-8(17(11,13)14)5-7(15-6)9(12)16-10(2,3)4/h5H,1-4H3. The van der Waals surface area contributed by atoms with Crippen molar-refractivity contribution < 1.29 is 22.4 Å².